The number of rotatable bonds is 3. The van der Waals surface area contributed by atoms with E-state index in [1.165, 1.54) is 0 Å². The van der Waals surface area contributed by atoms with Crippen LogP contribution in [0.3, 0.4) is 0 Å². The van der Waals surface area contributed by atoms with Crippen molar-refractivity contribution in [2.24, 2.45) is 0 Å². The lowest BCUT2D eigenvalue weighted by atomic mass is 9.88. The zero-order valence-electron chi connectivity index (χ0n) is 10.7. The molecule has 1 N–H and O–H groups in total. The number of hydrogen-bond acceptors (Lipinski definition) is 3. The molecule has 1 aliphatic heterocycles. The quantitative estimate of drug-likeness (QED) is 0.876. The van der Waals surface area contributed by atoms with Gasteiger partial charge in [0.05, 0.1) is 12.7 Å². The molecule has 0 aromatic heterocycles. The molecule has 3 heteroatoms. The number of benzene rings is 1. The smallest absolute Gasteiger partial charge is 0.119 e. The van der Waals surface area contributed by atoms with E-state index in [1.807, 2.05) is 32.0 Å². The average molecular weight is 236 g/mol. The molecule has 0 amide bonds. The summed E-state index contributed by atoms with van der Waals surface area (Å²) < 4.78 is 10.9. The maximum absolute atomic E-state index is 10.5. The Kier molecular flexibility index (Phi) is 3.40. The molecule has 2 unspecified atom stereocenters. The van der Waals surface area contributed by atoms with Gasteiger partial charge in [0.25, 0.3) is 0 Å². The van der Waals surface area contributed by atoms with E-state index in [1.54, 1.807) is 7.11 Å². The van der Waals surface area contributed by atoms with Gasteiger partial charge in [-0.2, -0.15) is 0 Å². The van der Waals surface area contributed by atoms with Crippen molar-refractivity contribution in [3.63, 3.8) is 0 Å². The highest BCUT2D eigenvalue weighted by Crippen LogP contribution is 2.38. The lowest BCUT2D eigenvalue weighted by Crippen LogP contribution is -2.32. The highest BCUT2D eigenvalue weighted by atomic mass is 16.5. The molecule has 0 spiro atoms. The summed E-state index contributed by atoms with van der Waals surface area (Å²) in [5.41, 5.74) is 1.52. The summed E-state index contributed by atoms with van der Waals surface area (Å²) >= 11 is 0. The molecule has 2 rings (SSSR count). The third kappa shape index (κ3) is 2.31. The SMILES string of the molecule is COc1ccc(C(O)C2(C)CCCO2)c(C)c1. The average Bonchev–Trinajstić information content (AvgIpc) is 2.76. The summed E-state index contributed by atoms with van der Waals surface area (Å²) in [5.74, 6) is 0.816. The Hall–Kier alpha value is -1.06. The minimum atomic E-state index is -0.573. The summed E-state index contributed by atoms with van der Waals surface area (Å²) in [6, 6.07) is 5.74. The van der Waals surface area contributed by atoms with Gasteiger partial charge in [-0.05, 0) is 49.9 Å². The van der Waals surface area contributed by atoms with Crippen LogP contribution in [-0.4, -0.2) is 24.4 Å². The first-order valence-corrected chi connectivity index (χ1v) is 6.03. The number of aliphatic hydroxyl groups excluding tert-OH is 1. The Morgan fingerprint density at radius 3 is 2.76 bits per heavy atom. The van der Waals surface area contributed by atoms with Gasteiger partial charge in [0.15, 0.2) is 0 Å². The summed E-state index contributed by atoms with van der Waals surface area (Å²) in [6.07, 6.45) is 1.35. The molecule has 3 nitrogen and oxygen atoms in total. The Bertz CT molecular complexity index is 394. The molecule has 0 aliphatic carbocycles. The van der Waals surface area contributed by atoms with Crippen LogP contribution in [0, 0.1) is 6.92 Å². The van der Waals surface area contributed by atoms with Crippen molar-refractivity contribution >= 4 is 0 Å². The van der Waals surface area contributed by atoms with Gasteiger partial charge >= 0.3 is 0 Å². The van der Waals surface area contributed by atoms with Gasteiger partial charge < -0.3 is 14.6 Å². The van der Waals surface area contributed by atoms with E-state index in [2.05, 4.69) is 0 Å². The van der Waals surface area contributed by atoms with Crippen molar-refractivity contribution in [1.29, 1.82) is 0 Å². The van der Waals surface area contributed by atoms with Gasteiger partial charge in [0.2, 0.25) is 0 Å². The van der Waals surface area contributed by atoms with Crippen LogP contribution in [0.25, 0.3) is 0 Å². The van der Waals surface area contributed by atoms with Gasteiger partial charge in [0.1, 0.15) is 11.9 Å². The minimum Gasteiger partial charge on any atom is -0.497 e. The maximum Gasteiger partial charge on any atom is 0.119 e. The molecule has 2 atom stereocenters. The third-order valence-electron chi connectivity index (χ3n) is 3.60. The van der Waals surface area contributed by atoms with Crippen molar-refractivity contribution in [2.45, 2.75) is 38.4 Å². The second-order valence-electron chi connectivity index (χ2n) is 4.89. The molecule has 1 aromatic rings. The lowest BCUT2D eigenvalue weighted by Gasteiger charge is -2.30. The number of aliphatic hydroxyl groups is 1. The van der Waals surface area contributed by atoms with Crippen LogP contribution in [-0.2, 0) is 4.74 Å². The molecule has 0 radical (unpaired) electrons. The number of aryl methyl sites for hydroxylation is 1. The minimum absolute atomic E-state index is 0.445. The van der Waals surface area contributed by atoms with Crippen LogP contribution in [0.4, 0.5) is 0 Å². The molecular weight excluding hydrogens is 216 g/mol. The van der Waals surface area contributed by atoms with Crippen molar-refractivity contribution in [1.82, 2.24) is 0 Å². The Morgan fingerprint density at radius 1 is 1.47 bits per heavy atom. The maximum atomic E-state index is 10.5. The normalized spacial score (nSPS) is 25.9. The second kappa shape index (κ2) is 4.67. The molecule has 1 saturated heterocycles. The van der Waals surface area contributed by atoms with Crippen molar-refractivity contribution in [3.05, 3.63) is 29.3 Å². The van der Waals surface area contributed by atoms with Gasteiger partial charge in [-0.15, -0.1) is 0 Å². The highest BCUT2D eigenvalue weighted by Gasteiger charge is 2.38. The number of hydrogen-bond donors (Lipinski definition) is 1. The topological polar surface area (TPSA) is 38.7 Å². The van der Waals surface area contributed by atoms with Crippen molar-refractivity contribution in [3.8, 4) is 5.75 Å². The van der Waals surface area contributed by atoms with Crippen molar-refractivity contribution < 1.29 is 14.6 Å². The van der Waals surface area contributed by atoms with Crippen molar-refractivity contribution in [2.75, 3.05) is 13.7 Å². The second-order valence-corrected chi connectivity index (χ2v) is 4.89. The van der Waals surface area contributed by atoms with Crippen LogP contribution in [0.1, 0.15) is 37.0 Å². The fourth-order valence-corrected chi connectivity index (χ4v) is 2.43. The molecule has 1 aliphatic rings. The molecule has 0 bridgehead atoms. The van der Waals surface area contributed by atoms with E-state index in [9.17, 15) is 5.11 Å². The first-order valence-electron chi connectivity index (χ1n) is 6.03. The molecular formula is C14H20O3. The number of methoxy groups -OCH3 is 1. The first kappa shape index (κ1) is 12.4. The monoisotopic (exact) mass is 236 g/mol. The molecule has 1 aromatic carbocycles. The predicted molar refractivity (Wildman–Crippen MR) is 66.3 cm³/mol. The van der Waals surface area contributed by atoms with E-state index in [-0.39, 0.29) is 0 Å². The van der Waals surface area contributed by atoms with Gasteiger partial charge in [-0.25, -0.2) is 0 Å². The van der Waals surface area contributed by atoms with Crippen LogP contribution < -0.4 is 4.74 Å². The van der Waals surface area contributed by atoms with E-state index in [0.29, 0.717) is 0 Å². The standard InChI is InChI=1S/C14H20O3/c1-10-9-11(16-3)5-6-12(10)13(15)14(2)7-4-8-17-14/h5-6,9,13,15H,4,7-8H2,1-3H3. The predicted octanol–water partition coefficient (Wildman–Crippen LogP) is 2.61. The summed E-state index contributed by atoms with van der Waals surface area (Å²) in [4.78, 5) is 0. The van der Waals surface area contributed by atoms with E-state index in [4.69, 9.17) is 9.47 Å². The molecule has 1 fully saturated rings. The van der Waals surface area contributed by atoms with Gasteiger partial charge in [-0.3, -0.25) is 0 Å². The molecule has 17 heavy (non-hydrogen) atoms. The zero-order valence-corrected chi connectivity index (χ0v) is 10.7. The molecule has 1 heterocycles. The van der Waals surface area contributed by atoms with E-state index in [0.717, 1.165) is 36.3 Å². The number of ether oxygens (including phenoxy) is 2. The summed E-state index contributed by atoms with van der Waals surface area (Å²) in [5, 5.41) is 10.5. The van der Waals surface area contributed by atoms with Gasteiger partial charge in [0, 0.05) is 6.61 Å². The molecule has 0 saturated carbocycles. The highest BCUT2D eigenvalue weighted by molar-refractivity contribution is 5.37. The fraction of sp³-hybridized carbons (Fsp3) is 0.571. The Balaban J connectivity index is 2.27. The summed E-state index contributed by atoms with van der Waals surface area (Å²) in [7, 11) is 1.65. The molecule has 94 valence electrons. The van der Waals surface area contributed by atoms with Crippen LogP contribution in [0.5, 0.6) is 5.75 Å². The first-order chi connectivity index (χ1) is 8.07. The third-order valence-corrected chi connectivity index (χ3v) is 3.60. The van der Waals surface area contributed by atoms with E-state index >= 15 is 0 Å². The van der Waals surface area contributed by atoms with Gasteiger partial charge in [-0.1, -0.05) is 6.07 Å². The lowest BCUT2D eigenvalue weighted by molar-refractivity contribution is -0.0798. The zero-order chi connectivity index (χ0) is 12.5. The Labute approximate surface area is 102 Å². The van der Waals surface area contributed by atoms with Crippen LogP contribution in [0.15, 0.2) is 18.2 Å². The van der Waals surface area contributed by atoms with E-state index < -0.39 is 11.7 Å². The van der Waals surface area contributed by atoms with Crippen LogP contribution >= 0.6 is 0 Å². The Morgan fingerprint density at radius 2 is 2.24 bits per heavy atom. The summed E-state index contributed by atoms with van der Waals surface area (Å²) in [6.45, 7) is 4.70. The van der Waals surface area contributed by atoms with Crippen LogP contribution in [0.2, 0.25) is 0 Å². The fourth-order valence-electron chi connectivity index (χ4n) is 2.43. The largest absolute Gasteiger partial charge is 0.497 e.